The van der Waals surface area contributed by atoms with E-state index in [9.17, 15) is 20.2 Å². The lowest BCUT2D eigenvalue weighted by atomic mass is 10.1. The van der Waals surface area contributed by atoms with Gasteiger partial charge in [-0.3, -0.25) is 20.2 Å². The van der Waals surface area contributed by atoms with Crippen molar-refractivity contribution in [3.8, 4) is 11.5 Å². The van der Waals surface area contributed by atoms with E-state index in [2.05, 4.69) is 0 Å². The summed E-state index contributed by atoms with van der Waals surface area (Å²) in [6, 6.07) is 8.65. The molecule has 0 aliphatic rings. The van der Waals surface area contributed by atoms with Crippen molar-refractivity contribution in [2.75, 3.05) is 0 Å². The van der Waals surface area contributed by atoms with E-state index in [1.54, 1.807) is 19.1 Å². The Morgan fingerprint density at radius 1 is 0.923 bits per heavy atom. The summed E-state index contributed by atoms with van der Waals surface area (Å²) in [5.74, 6) is -0.571. The smallest absolute Gasteiger partial charge is 0.373 e. The molecule has 10 nitrogen and oxygen atoms in total. The summed E-state index contributed by atoms with van der Waals surface area (Å²) in [6.07, 6.45) is 0.973. The Morgan fingerprint density at radius 2 is 1.35 bits per heavy atom. The number of hydrogen-bond acceptors (Lipinski definition) is 8. The summed E-state index contributed by atoms with van der Waals surface area (Å²) in [5.41, 5.74) is 1.13. The first kappa shape index (κ1) is 22.2. The van der Waals surface area contributed by atoms with Crippen molar-refractivity contribution in [2.24, 2.45) is 0 Å². The van der Waals surface area contributed by atoms with Crippen molar-refractivity contribution in [3.05, 3.63) is 67.8 Å². The van der Waals surface area contributed by atoms with E-state index in [1.807, 2.05) is 6.92 Å². The van der Waals surface area contributed by atoms with Crippen molar-refractivity contribution in [1.82, 2.24) is 0 Å². The van der Waals surface area contributed by atoms with E-state index in [0.29, 0.717) is 0 Å². The molecule has 0 spiro atoms. The molecule has 138 valence electrons. The highest BCUT2D eigenvalue weighted by Gasteiger charge is 2.12. The number of nitrogens with zero attached hydrogens (tertiary/aromatic N) is 2. The van der Waals surface area contributed by atoms with E-state index in [1.165, 1.54) is 24.3 Å². The van der Waals surface area contributed by atoms with Gasteiger partial charge in [-0.2, -0.15) is 9.59 Å². The maximum absolute atomic E-state index is 10.3. The molecule has 0 fully saturated rings. The van der Waals surface area contributed by atoms with E-state index in [0.717, 1.165) is 17.5 Å². The third-order valence-electron chi connectivity index (χ3n) is 2.97. The second kappa shape index (κ2) is 10.9. The molecule has 26 heavy (non-hydrogen) atoms. The second-order valence-corrected chi connectivity index (χ2v) is 4.77. The predicted octanol–water partition coefficient (Wildman–Crippen LogP) is 2.89. The molecule has 2 N–H and O–H groups in total. The fraction of sp³-hybridized carbons (Fsp3) is 0.188. The molecule has 2 rings (SSSR count). The van der Waals surface area contributed by atoms with Crippen LogP contribution >= 0.6 is 0 Å². The minimum absolute atomic E-state index is 0.227. The SMILES string of the molecule is CCc1ccc(O)c([N+](=O)[O-])c1.Cc1ccc(O)c([N+](=O)[O-])c1.O=C=O. The van der Waals surface area contributed by atoms with Gasteiger partial charge in [0, 0.05) is 12.1 Å². The first-order valence-corrected chi connectivity index (χ1v) is 7.07. The molecule has 0 radical (unpaired) electrons. The molecule has 0 heterocycles. The third-order valence-corrected chi connectivity index (χ3v) is 2.97. The van der Waals surface area contributed by atoms with Crippen LogP contribution in [0, 0.1) is 27.2 Å². The van der Waals surface area contributed by atoms with Gasteiger partial charge in [0.15, 0.2) is 11.5 Å². The number of phenolic OH excluding ortho intramolecular Hbond substituents is 2. The van der Waals surface area contributed by atoms with Crippen molar-refractivity contribution >= 4 is 17.5 Å². The zero-order chi connectivity index (χ0) is 20.3. The van der Waals surface area contributed by atoms with E-state index < -0.39 is 9.85 Å². The third kappa shape index (κ3) is 7.20. The molecule has 2 aromatic carbocycles. The highest BCUT2D eigenvalue weighted by molar-refractivity contribution is 5.48. The largest absolute Gasteiger partial charge is 0.502 e. The molecular formula is C16H16N2O8. The molecule has 2 aromatic rings. The Kier molecular flexibility index (Phi) is 9.31. The second-order valence-electron chi connectivity index (χ2n) is 4.77. The fourth-order valence-electron chi connectivity index (χ4n) is 1.71. The van der Waals surface area contributed by atoms with Gasteiger partial charge in [-0.1, -0.05) is 19.1 Å². The first-order chi connectivity index (χ1) is 12.2. The maximum Gasteiger partial charge on any atom is 0.373 e. The Morgan fingerprint density at radius 3 is 1.73 bits per heavy atom. The Bertz CT molecular complexity index is 814. The standard InChI is InChI=1S/C8H9NO3.C7H7NO3.CO2/c1-2-6-3-4-8(10)7(5-6)9(11)12;1-5-2-3-7(9)6(4-5)8(10)11;2-1-3/h3-5,10H,2H2,1H3;2-4,9H,1H3;. The number of carbonyl (C=O) groups excluding carboxylic acids is 2. The Balaban J connectivity index is 0.000000419. The van der Waals surface area contributed by atoms with Crippen LogP contribution in [0.2, 0.25) is 0 Å². The number of nitro groups is 2. The van der Waals surface area contributed by atoms with Gasteiger partial charge in [-0.25, -0.2) is 0 Å². The number of nitro benzene ring substituents is 2. The summed E-state index contributed by atoms with van der Waals surface area (Å²) < 4.78 is 0. The predicted molar refractivity (Wildman–Crippen MR) is 88.6 cm³/mol. The first-order valence-electron chi connectivity index (χ1n) is 7.07. The van der Waals surface area contributed by atoms with Crippen LogP contribution in [0.15, 0.2) is 36.4 Å². The van der Waals surface area contributed by atoms with Gasteiger partial charge in [0.05, 0.1) is 9.85 Å². The van der Waals surface area contributed by atoms with Crippen LogP contribution in [0.3, 0.4) is 0 Å². The topological polar surface area (TPSA) is 161 Å². The minimum atomic E-state index is -0.609. The zero-order valence-corrected chi connectivity index (χ0v) is 13.9. The monoisotopic (exact) mass is 364 g/mol. The minimum Gasteiger partial charge on any atom is -0.502 e. The van der Waals surface area contributed by atoms with Crippen molar-refractivity contribution in [2.45, 2.75) is 20.3 Å². The Hall–Kier alpha value is -3.78. The number of phenols is 2. The van der Waals surface area contributed by atoms with Crippen molar-refractivity contribution < 1.29 is 29.6 Å². The molecule has 0 bridgehead atoms. The summed E-state index contributed by atoms with van der Waals surface area (Å²) in [7, 11) is 0. The van der Waals surface area contributed by atoms with Gasteiger partial charge in [0.1, 0.15) is 0 Å². The molecule has 10 heteroatoms. The van der Waals surface area contributed by atoms with Gasteiger partial charge in [-0.15, -0.1) is 0 Å². The van der Waals surface area contributed by atoms with Crippen LogP contribution in [-0.2, 0) is 16.0 Å². The van der Waals surface area contributed by atoms with Crippen LogP contribution in [0.1, 0.15) is 18.1 Å². The zero-order valence-electron chi connectivity index (χ0n) is 13.9. The summed E-state index contributed by atoms with van der Waals surface area (Å²) >= 11 is 0. The molecule has 0 saturated heterocycles. The molecule has 0 amide bonds. The van der Waals surface area contributed by atoms with E-state index >= 15 is 0 Å². The van der Waals surface area contributed by atoms with Gasteiger partial charge in [0.25, 0.3) is 0 Å². The summed E-state index contributed by atoms with van der Waals surface area (Å²) in [6.45, 7) is 3.63. The maximum atomic E-state index is 10.3. The summed E-state index contributed by atoms with van der Waals surface area (Å²) in [5, 5.41) is 38.6. The van der Waals surface area contributed by atoms with Gasteiger partial charge < -0.3 is 10.2 Å². The fourth-order valence-corrected chi connectivity index (χ4v) is 1.71. The average Bonchev–Trinajstić information content (AvgIpc) is 2.58. The van der Waals surface area contributed by atoms with Crippen LogP contribution in [-0.4, -0.2) is 26.2 Å². The quantitative estimate of drug-likeness (QED) is 0.620. The molecular weight excluding hydrogens is 348 g/mol. The van der Waals surface area contributed by atoms with Gasteiger partial charge in [0.2, 0.25) is 0 Å². The van der Waals surface area contributed by atoms with E-state index in [4.69, 9.17) is 19.8 Å². The molecule has 0 saturated carbocycles. The number of aromatic hydroxyl groups is 2. The number of hydrogen-bond donors (Lipinski definition) is 2. The van der Waals surface area contributed by atoms with Gasteiger partial charge >= 0.3 is 17.5 Å². The van der Waals surface area contributed by atoms with Crippen LogP contribution in [0.5, 0.6) is 11.5 Å². The molecule has 0 aliphatic heterocycles. The van der Waals surface area contributed by atoms with E-state index in [-0.39, 0.29) is 29.0 Å². The lowest BCUT2D eigenvalue weighted by Crippen LogP contribution is -1.90. The Labute approximate surface area is 147 Å². The van der Waals surface area contributed by atoms with Crippen LogP contribution in [0.25, 0.3) is 0 Å². The van der Waals surface area contributed by atoms with Crippen molar-refractivity contribution in [3.63, 3.8) is 0 Å². The molecule has 0 aromatic heterocycles. The molecule has 0 atom stereocenters. The highest BCUT2D eigenvalue weighted by atomic mass is 16.6. The highest BCUT2D eigenvalue weighted by Crippen LogP contribution is 2.26. The normalized spacial score (nSPS) is 8.85. The lowest BCUT2D eigenvalue weighted by molar-refractivity contribution is -0.386. The van der Waals surface area contributed by atoms with Crippen LogP contribution < -0.4 is 0 Å². The molecule has 0 unspecified atom stereocenters. The average molecular weight is 364 g/mol. The lowest BCUT2D eigenvalue weighted by Gasteiger charge is -1.98. The molecule has 0 aliphatic carbocycles. The number of aryl methyl sites for hydroxylation is 2. The van der Waals surface area contributed by atoms with Crippen molar-refractivity contribution in [1.29, 1.82) is 0 Å². The summed E-state index contributed by atoms with van der Waals surface area (Å²) in [4.78, 5) is 35.6. The van der Waals surface area contributed by atoms with Crippen LogP contribution in [0.4, 0.5) is 11.4 Å². The number of benzene rings is 2. The van der Waals surface area contributed by atoms with Gasteiger partial charge in [-0.05, 0) is 36.6 Å². The number of rotatable bonds is 3.